The number of fused-ring (bicyclic) bond motifs is 1. The quantitative estimate of drug-likeness (QED) is 0.742. The summed E-state index contributed by atoms with van der Waals surface area (Å²) in [6.45, 7) is 6.53. The van der Waals surface area contributed by atoms with Crippen molar-refractivity contribution >= 4 is 17.0 Å². The molecule has 0 amide bonds. The van der Waals surface area contributed by atoms with E-state index in [2.05, 4.69) is 56.1 Å². The summed E-state index contributed by atoms with van der Waals surface area (Å²) in [4.78, 5) is 3.45. The molecule has 0 aliphatic carbocycles. The number of hydrogen-bond acceptors (Lipinski definition) is 0. The van der Waals surface area contributed by atoms with Crippen molar-refractivity contribution in [2.24, 2.45) is 0 Å². The molecule has 1 N–H and O–H groups in total. The van der Waals surface area contributed by atoms with Crippen molar-refractivity contribution in [3.05, 3.63) is 41.1 Å². The summed E-state index contributed by atoms with van der Waals surface area (Å²) >= 11 is 0. The largest absolute Gasteiger partial charge is 0.355 e. The van der Waals surface area contributed by atoms with Crippen LogP contribution in [0.25, 0.3) is 17.0 Å². The number of aromatic amines is 1. The first kappa shape index (κ1) is 10.0. The Kier molecular flexibility index (Phi) is 2.63. The molecule has 0 unspecified atom stereocenters. The highest BCUT2D eigenvalue weighted by molar-refractivity contribution is 5.86. The van der Waals surface area contributed by atoms with Crippen LogP contribution < -0.4 is 0 Å². The molecule has 0 fully saturated rings. The van der Waals surface area contributed by atoms with Crippen LogP contribution in [0.1, 0.15) is 31.5 Å². The SMILES string of the molecule is CC/C(C)=C/c1[nH]c2ccccc2c1C. The number of hydrogen-bond donors (Lipinski definition) is 1. The average molecular weight is 199 g/mol. The predicted molar refractivity (Wildman–Crippen MR) is 67.0 cm³/mol. The van der Waals surface area contributed by atoms with Crippen molar-refractivity contribution in [1.29, 1.82) is 0 Å². The van der Waals surface area contributed by atoms with Crippen molar-refractivity contribution in [1.82, 2.24) is 4.98 Å². The summed E-state index contributed by atoms with van der Waals surface area (Å²) in [5.74, 6) is 0. The van der Waals surface area contributed by atoms with E-state index in [0.29, 0.717) is 0 Å². The highest BCUT2D eigenvalue weighted by Gasteiger charge is 2.04. The van der Waals surface area contributed by atoms with E-state index in [4.69, 9.17) is 0 Å². The van der Waals surface area contributed by atoms with Gasteiger partial charge in [0.15, 0.2) is 0 Å². The maximum atomic E-state index is 3.45. The van der Waals surface area contributed by atoms with Gasteiger partial charge in [-0.15, -0.1) is 0 Å². The van der Waals surface area contributed by atoms with Crippen molar-refractivity contribution in [3.8, 4) is 0 Å². The van der Waals surface area contributed by atoms with Crippen LogP contribution in [0.2, 0.25) is 0 Å². The molecule has 1 nitrogen and oxygen atoms in total. The minimum Gasteiger partial charge on any atom is -0.355 e. The van der Waals surface area contributed by atoms with Gasteiger partial charge in [0, 0.05) is 16.6 Å². The molecule has 1 heterocycles. The molecule has 1 heteroatoms. The number of aryl methyl sites for hydroxylation is 1. The number of rotatable bonds is 2. The van der Waals surface area contributed by atoms with E-state index < -0.39 is 0 Å². The minimum absolute atomic E-state index is 1.11. The number of nitrogens with one attached hydrogen (secondary N) is 1. The van der Waals surface area contributed by atoms with Gasteiger partial charge < -0.3 is 4.98 Å². The van der Waals surface area contributed by atoms with Crippen LogP contribution in [0.3, 0.4) is 0 Å². The smallest absolute Gasteiger partial charge is 0.0461 e. The van der Waals surface area contributed by atoms with Crippen molar-refractivity contribution < 1.29 is 0 Å². The van der Waals surface area contributed by atoms with Gasteiger partial charge in [-0.05, 0) is 38.0 Å². The van der Waals surface area contributed by atoms with Crippen LogP contribution in [-0.4, -0.2) is 4.98 Å². The summed E-state index contributed by atoms with van der Waals surface area (Å²) < 4.78 is 0. The molecular formula is C14H17N. The monoisotopic (exact) mass is 199 g/mol. The van der Waals surface area contributed by atoms with Crippen LogP contribution >= 0.6 is 0 Å². The van der Waals surface area contributed by atoms with Gasteiger partial charge in [0.25, 0.3) is 0 Å². The molecule has 0 spiro atoms. The summed E-state index contributed by atoms with van der Waals surface area (Å²) in [6, 6.07) is 8.45. The Morgan fingerprint density at radius 2 is 2.07 bits per heavy atom. The number of benzene rings is 1. The fraction of sp³-hybridized carbons (Fsp3) is 0.286. The lowest BCUT2D eigenvalue weighted by Gasteiger charge is -1.95. The van der Waals surface area contributed by atoms with Crippen LogP contribution in [0.15, 0.2) is 29.8 Å². The zero-order valence-corrected chi connectivity index (χ0v) is 9.59. The van der Waals surface area contributed by atoms with Gasteiger partial charge in [0.2, 0.25) is 0 Å². The van der Waals surface area contributed by atoms with Crippen LogP contribution in [0.5, 0.6) is 0 Å². The highest BCUT2D eigenvalue weighted by Crippen LogP contribution is 2.23. The Labute approximate surface area is 90.8 Å². The predicted octanol–water partition coefficient (Wildman–Crippen LogP) is 4.29. The molecule has 15 heavy (non-hydrogen) atoms. The molecular weight excluding hydrogens is 182 g/mol. The van der Waals surface area contributed by atoms with Crippen LogP contribution in [-0.2, 0) is 0 Å². The normalized spacial score (nSPS) is 12.3. The molecule has 2 rings (SSSR count). The third kappa shape index (κ3) is 1.82. The Morgan fingerprint density at radius 1 is 1.33 bits per heavy atom. The van der Waals surface area contributed by atoms with Gasteiger partial charge in [-0.3, -0.25) is 0 Å². The maximum Gasteiger partial charge on any atom is 0.0461 e. The summed E-state index contributed by atoms with van der Waals surface area (Å²) in [6.07, 6.45) is 3.35. The number of H-pyrrole nitrogens is 1. The van der Waals surface area contributed by atoms with E-state index in [1.165, 1.54) is 27.7 Å². The molecule has 2 aromatic rings. The maximum absolute atomic E-state index is 3.45. The molecule has 0 bridgehead atoms. The van der Waals surface area contributed by atoms with Gasteiger partial charge in [0.05, 0.1) is 0 Å². The molecule has 0 saturated heterocycles. The van der Waals surface area contributed by atoms with E-state index in [-0.39, 0.29) is 0 Å². The van der Waals surface area contributed by atoms with E-state index in [1.807, 2.05) is 0 Å². The van der Waals surface area contributed by atoms with Gasteiger partial charge in [-0.1, -0.05) is 30.7 Å². The van der Waals surface area contributed by atoms with Crippen molar-refractivity contribution in [2.45, 2.75) is 27.2 Å². The van der Waals surface area contributed by atoms with Crippen LogP contribution in [0.4, 0.5) is 0 Å². The number of allylic oxidation sites excluding steroid dienone is 1. The first-order valence-corrected chi connectivity index (χ1v) is 5.47. The van der Waals surface area contributed by atoms with E-state index in [1.54, 1.807) is 0 Å². The van der Waals surface area contributed by atoms with Gasteiger partial charge in [-0.2, -0.15) is 0 Å². The fourth-order valence-electron chi connectivity index (χ4n) is 1.80. The van der Waals surface area contributed by atoms with Gasteiger partial charge in [0.1, 0.15) is 0 Å². The molecule has 0 radical (unpaired) electrons. The highest BCUT2D eigenvalue weighted by atomic mass is 14.7. The van der Waals surface area contributed by atoms with Gasteiger partial charge in [-0.25, -0.2) is 0 Å². The van der Waals surface area contributed by atoms with Crippen molar-refractivity contribution in [3.63, 3.8) is 0 Å². The standard InChI is InChI=1S/C14H17N/c1-4-10(2)9-14-11(3)12-7-5-6-8-13(12)15-14/h5-9,15H,4H2,1-3H3/b10-9+. The lowest BCUT2D eigenvalue weighted by atomic mass is 10.1. The Hall–Kier alpha value is -1.50. The second-order valence-corrected chi connectivity index (χ2v) is 4.05. The summed E-state index contributed by atoms with van der Waals surface area (Å²) in [7, 11) is 0. The molecule has 0 atom stereocenters. The van der Waals surface area contributed by atoms with E-state index >= 15 is 0 Å². The Morgan fingerprint density at radius 3 is 2.73 bits per heavy atom. The Balaban J connectivity index is 2.58. The zero-order chi connectivity index (χ0) is 10.8. The summed E-state index contributed by atoms with van der Waals surface area (Å²) in [5, 5.41) is 1.33. The second-order valence-electron chi connectivity index (χ2n) is 4.05. The first-order chi connectivity index (χ1) is 7.22. The van der Waals surface area contributed by atoms with Gasteiger partial charge >= 0.3 is 0 Å². The fourth-order valence-corrected chi connectivity index (χ4v) is 1.80. The second kappa shape index (κ2) is 3.93. The van der Waals surface area contributed by atoms with Crippen molar-refractivity contribution in [2.75, 3.05) is 0 Å². The molecule has 78 valence electrons. The third-order valence-electron chi connectivity index (χ3n) is 2.95. The van der Waals surface area contributed by atoms with E-state index in [0.717, 1.165) is 6.42 Å². The zero-order valence-electron chi connectivity index (χ0n) is 9.59. The molecule has 0 aliphatic heterocycles. The Bertz CT molecular complexity index is 503. The van der Waals surface area contributed by atoms with Crippen LogP contribution in [0, 0.1) is 6.92 Å². The number of para-hydroxylation sites is 1. The molecule has 0 aliphatic rings. The summed E-state index contributed by atoms with van der Waals surface area (Å²) in [5.41, 5.74) is 5.23. The lowest BCUT2D eigenvalue weighted by Crippen LogP contribution is -1.78. The topological polar surface area (TPSA) is 15.8 Å². The minimum atomic E-state index is 1.11. The lowest BCUT2D eigenvalue weighted by molar-refractivity contribution is 1.11. The molecule has 1 aromatic heterocycles. The van der Waals surface area contributed by atoms with E-state index in [9.17, 15) is 0 Å². The third-order valence-corrected chi connectivity index (χ3v) is 2.95. The number of aromatic nitrogens is 1. The average Bonchev–Trinajstić information content (AvgIpc) is 2.57. The molecule has 0 saturated carbocycles. The first-order valence-electron chi connectivity index (χ1n) is 5.47. The molecule has 1 aromatic carbocycles.